The molecule has 0 unspecified atom stereocenters. The average molecular weight is 786 g/mol. The monoisotopic (exact) mass is 785 g/mol. The third-order valence-corrected chi connectivity index (χ3v) is 14.2. The molecule has 4 fully saturated rings. The fraction of sp³-hybridized carbons (Fsp3) is 0.649. The van der Waals surface area contributed by atoms with Crippen molar-refractivity contribution in [2.75, 3.05) is 23.8 Å². The molecule has 4 amide bonds. The van der Waals surface area contributed by atoms with Crippen LogP contribution in [0.1, 0.15) is 107 Å². The zero-order valence-electron chi connectivity index (χ0n) is 30.9. The summed E-state index contributed by atoms with van der Waals surface area (Å²) >= 11 is 1.59. The Kier molecular flexibility index (Phi) is 11.9. The number of nitrogens with zero attached hydrogens (tertiary/aromatic N) is 4. The van der Waals surface area contributed by atoms with E-state index in [0.29, 0.717) is 23.6 Å². The van der Waals surface area contributed by atoms with Crippen LogP contribution in [0.25, 0.3) is 0 Å². The van der Waals surface area contributed by atoms with E-state index in [1.165, 1.54) is 40.0 Å². The van der Waals surface area contributed by atoms with Crippen molar-refractivity contribution in [1.29, 1.82) is 0 Å². The lowest BCUT2D eigenvalue weighted by atomic mass is 9.84. The second kappa shape index (κ2) is 16.1. The van der Waals surface area contributed by atoms with Gasteiger partial charge in [0.1, 0.15) is 23.2 Å². The van der Waals surface area contributed by atoms with Gasteiger partial charge in [-0.2, -0.15) is 11.8 Å². The van der Waals surface area contributed by atoms with Gasteiger partial charge in [-0.05, 0) is 93.6 Å². The molecule has 15 nitrogen and oxygen atoms in total. The molecule has 0 spiro atoms. The Morgan fingerprint density at radius 2 is 1.69 bits per heavy atom. The third kappa shape index (κ3) is 8.99. The highest BCUT2D eigenvalue weighted by atomic mass is 32.2. The van der Waals surface area contributed by atoms with Gasteiger partial charge in [0, 0.05) is 18.5 Å². The topological polar surface area (TPSA) is 224 Å². The summed E-state index contributed by atoms with van der Waals surface area (Å²) < 4.78 is 27.2. The molecule has 6 rings (SSSR count). The Morgan fingerprint density at radius 1 is 1.02 bits per heavy atom. The first-order valence-electron chi connectivity index (χ1n) is 18.9. The van der Waals surface area contributed by atoms with Crippen LogP contribution in [0.5, 0.6) is 0 Å². The second-order valence-electron chi connectivity index (χ2n) is 15.9. The van der Waals surface area contributed by atoms with Gasteiger partial charge in [-0.25, -0.2) is 13.1 Å². The van der Waals surface area contributed by atoms with Crippen LogP contribution in [0.15, 0.2) is 35.4 Å². The zero-order chi connectivity index (χ0) is 38.8. The lowest BCUT2D eigenvalue weighted by Gasteiger charge is -2.37. The van der Waals surface area contributed by atoms with E-state index >= 15 is 0 Å². The number of carbonyl (C=O) groups excluding carboxylic acids is 5. The molecular formula is C37H51N7O8S2. The molecule has 4 aliphatic rings. The Bertz CT molecular complexity index is 1840. The van der Waals surface area contributed by atoms with E-state index in [2.05, 4.69) is 20.9 Å². The van der Waals surface area contributed by atoms with E-state index in [1.54, 1.807) is 25.6 Å². The summed E-state index contributed by atoms with van der Waals surface area (Å²) in [6.45, 7) is 3.14. The molecule has 1 aromatic heterocycles. The summed E-state index contributed by atoms with van der Waals surface area (Å²) in [5.74, 6) is -2.31. The van der Waals surface area contributed by atoms with Crippen molar-refractivity contribution < 1.29 is 37.5 Å². The SMILES string of the molecule is CC(C)(O)c1cnnn1[C@H]1C[C@@H](C(=O)NC2(C(=O)C(N)=O)CCSCC2)N(C(=O)[C@@H](CC2CCCCC2)NC(=O)c2ccc(S(=O)(=O)CC3CC3)cc2)C1. The summed E-state index contributed by atoms with van der Waals surface area (Å²) in [7, 11) is -3.49. The van der Waals surface area contributed by atoms with Crippen LogP contribution in [0.4, 0.5) is 0 Å². The Morgan fingerprint density at radius 3 is 2.30 bits per heavy atom. The Balaban J connectivity index is 1.30. The largest absolute Gasteiger partial charge is 0.384 e. The molecule has 17 heteroatoms. The number of primary amides is 1. The number of amides is 4. The van der Waals surface area contributed by atoms with Gasteiger partial charge in [-0.1, -0.05) is 37.3 Å². The first-order chi connectivity index (χ1) is 25.6. The minimum atomic E-state index is -3.49. The van der Waals surface area contributed by atoms with E-state index < -0.39 is 68.5 Å². The Labute approximate surface area is 319 Å². The quantitative estimate of drug-likeness (QED) is 0.203. The number of aliphatic hydroxyl groups is 1. The number of hydrogen-bond donors (Lipinski definition) is 4. The minimum Gasteiger partial charge on any atom is -0.384 e. The van der Waals surface area contributed by atoms with Gasteiger partial charge >= 0.3 is 0 Å². The van der Waals surface area contributed by atoms with Crippen molar-refractivity contribution in [1.82, 2.24) is 30.5 Å². The summed E-state index contributed by atoms with van der Waals surface area (Å²) in [5.41, 5.74) is 3.16. The smallest absolute Gasteiger partial charge is 0.287 e. The molecule has 54 heavy (non-hydrogen) atoms. The van der Waals surface area contributed by atoms with Crippen molar-refractivity contribution in [2.24, 2.45) is 17.6 Å². The lowest BCUT2D eigenvalue weighted by molar-refractivity contribution is -0.145. The van der Waals surface area contributed by atoms with Crippen molar-refractivity contribution in [3.05, 3.63) is 41.7 Å². The van der Waals surface area contributed by atoms with Crippen LogP contribution < -0.4 is 16.4 Å². The molecule has 2 saturated carbocycles. The van der Waals surface area contributed by atoms with Crippen molar-refractivity contribution in [3.63, 3.8) is 0 Å². The minimum absolute atomic E-state index is 0.0133. The van der Waals surface area contributed by atoms with E-state index in [-0.39, 0.29) is 53.9 Å². The van der Waals surface area contributed by atoms with Gasteiger partial charge in [0.15, 0.2) is 9.84 Å². The van der Waals surface area contributed by atoms with Crippen molar-refractivity contribution in [3.8, 4) is 0 Å². The number of sulfone groups is 1. The molecule has 2 aliphatic heterocycles. The normalized spacial score (nSPS) is 22.7. The molecule has 2 saturated heterocycles. The Hall–Kier alpha value is -3.83. The lowest BCUT2D eigenvalue weighted by Crippen LogP contribution is -2.63. The van der Waals surface area contributed by atoms with Gasteiger partial charge in [0.05, 0.1) is 28.6 Å². The first kappa shape index (κ1) is 39.9. The van der Waals surface area contributed by atoms with Crippen LogP contribution in [0.2, 0.25) is 0 Å². The molecule has 3 atom stereocenters. The average Bonchev–Trinajstić information content (AvgIpc) is 3.59. The van der Waals surface area contributed by atoms with E-state index in [4.69, 9.17) is 5.73 Å². The van der Waals surface area contributed by atoms with Crippen molar-refractivity contribution in [2.45, 2.75) is 119 Å². The van der Waals surface area contributed by atoms with Gasteiger partial charge in [-0.3, -0.25) is 24.0 Å². The molecule has 0 bridgehead atoms. The third-order valence-electron chi connectivity index (χ3n) is 11.3. The summed E-state index contributed by atoms with van der Waals surface area (Å²) in [6, 6.07) is 2.96. The molecule has 5 N–H and O–H groups in total. The van der Waals surface area contributed by atoms with Crippen LogP contribution in [0.3, 0.4) is 0 Å². The van der Waals surface area contributed by atoms with E-state index in [9.17, 15) is 37.5 Å². The summed E-state index contributed by atoms with van der Waals surface area (Å²) in [5, 5.41) is 24.9. The molecule has 2 aromatic rings. The van der Waals surface area contributed by atoms with Crippen LogP contribution >= 0.6 is 11.8 Å². The molecule has 0 radical (unpaired) electrons. The summed E-state index contributed by atoms with van der Waals surface area (Å²) in [4.78, 5) is 69.9. The number of nitrogens with one attached hydrogen (secondary N) is 2. The summed E-state index contributed by atoms with van der Waals surface area (Å²) in [6.07, 6.45) is 8.81. The van der Waals surface area contributed by atoms with E-state index in [1.807, 2.05) is 0 Å². The number of ketones is 1. The molecule has 294 valence electrons. The number of likely N-dealkylation sites (tertiary alicyclic amines) is 1. The van der Waals surface area contributed by atoms with Crippen LogP contribution in [-0.4, -0.2) is 104 Å². The van der Waals surface area contributed by atoms with Crippen LogP contribution in [-0.2, 0) is 34.6 Å². The maximum absolute atomic E-state index is 14.8. The fourth-order valence-corrected chi connectivity index (χ4v) is 10.9. The number of thioether (sulfide) groups is 1. The predicted molar refractivity (Wildman–Crippen MR) is 200 cm³/mol. The van der Waals surface area contributed by atoms with Gasteiger partial charge < -0.3 is 26.4 Å². The maximum atomic E-state index is 14.8. The number of carbonyl (C=O) groups is 5. The highest BCUT2D eigenvalue weighted by Crippen LogP contribution is 2.36. The number of hydrogen-bond acceptors (Lipinski definition) is 11. The number of aromatic nitrogens is 3. The number of Topliss-reactive ketones (excluding diaryl/α,β-unsaturated/α-hetero) is 1. The number of benzene rings is 1. The molecule has 1 aromatic carbocycles. The highest BCUT2D eigenvalue weighted by Gasteiger charge is 2.49. The first-order valence-corrected chi connectivity index (χ1v) is 21.7. The number of rotatable bonds is 14. The molecule has 2 aliphatic carbocycles. The second-order valence-corrected chi connectivity index (χ2v) is 19.2. The standard InChI is InChI=1S/C37H51N7O8S2/c1-36(2,50)30-20-39-42-44(30)26-19-29(34(48)41-37(31(45)32(38)46)14-16-53-17-15-37)43(21-26)35(49)28(18-23-6-4-3-5-7-23)40-33(47)25-10-12-27(13-11-25)54(51,52)22-24-8-9-24/h10-13,20,23-24,26,28-29,50H,3-9,14-19,21-22H2,1-2H3,(H2,38,46)(H,40,47)(H,41,48)/t26-,28+,29-/m0/s1. The van der Waals surface area contributed by atoms with Gasteiger partial charge in [0.25, 0.3) is 11.8 Å². The van der Waals surface area contributed by atoms with Crippen LogP contribution in [0, 0.1) is 11.8 Å². The van der Waals surface area contributed by atoms with Gasteiger partial charge in [-0.15, -0.1) is 5.10 Å². The predicted octanol–water partition coefficient (Wildman–Crippen LogP) is 2.04. The highest BCUT2D eigenvalue weighted by molar-refractivity contribution is 7.99. The van der Waals surface area contributed by atoms with Crippen molar-refractivity contribution >= 4 is 51.0 Å². The van der Waals surface area contributed by atoms with Gasteiger partial charge in [0.2, 0.25) is 17.6 Å². The molecule has 3 heterocycles. The van der Waals surface area contributed by atoms with E-state index in [0.717, 1.165) is 44.9 Å². The zero-order valence-corrected chi connectivity index (χ0v) is 32.5. The molecular weight excluding hydrogens is 735 g/mol. The fourth-order valence-electron chi connectivity index (χ4n) is 8.04. The maximum Gasteiger partial charge on any atom is 0.287 e. The number of nitrogens with two attached hydrogens (primary N) is 1.